The van der Waals surface area contributed by atoms with E-state index in [1.54, 1.807) is 41.3 Å². The Kier molecular flexibility index (Phi) is 6.84. The van der Waals surface area contributed by atoms with E-state index in [0.717, 1.165) is 16.9 Å². The summed E-state index contributed by atoms with van der Waals surface area (Å²) in [7, 11) is 0. The van der Waals surface area contributed by atoms with E-state index in [1.165, 1.54) is 0 Å². The number of ether oxygens (including phenoxy) is 1. The lowest BCUT2D eigenvalue weighted by atomic mass is 9.92. The van der Waals surface area contributed by atoms with Gasteiger partial charge in [0.1, 0.15) is 18.2 Å². The molecule has 0 aliphatic heterocycles. The molecule has 0 fully saturated rings. The molecule has 8 heteroatoms. The third-order valence-corrected chi connectivity index (χ3v) is 5.42. The molecule has 4 aromatic rings. The maximum Gasteiger partial charge on any atom is 0.324 e. The van der Waals surface area contributed by atoms with Crippen LogP contribution in [0.5, 0.6) is 5.75 Å². The van der Waals surface area contributed by atoms with Crippen LogP contribution in [0.3, 0.4) is 0 Å². The van der Waals surface area contributed by atoms with Gasteiger partial charge in [-0.25, -0.2) is 9.48 Å². The van der Waals surface area contributed by atoms with Gasteiger partial charge >= 0.3 is 6.03 Å². The maximum absolute atomic E-state index is 12.9. The molecule has 0 aliphatic rings. The number of nitrogens with one attached hydrogen (secondary N) is 2. The van der Waals surface area contributed by atoms with Crippen LogP contribution in [0.4, 0.5) is 16.3 Å². The summed E-state index contributed by atoms with van der Waals surface area (Å²) in [5.74, 6) is 1.21. The molecule has 34 heavy (non-hydrogen) atoms. The van der Waals surface area contributed by atoms with Crippen molar-refractivity contribution in [3.63, 3.8) is 0 Å². The number of hydrogen-bond donors (Lipinski definition) is 2. The molecule has 2 heterocycles. The number of aromatic nitrogens is 3. The minimum Gasteiger partial charge on any atom is -0.487 e. The van der Waals surface area contributed by atoms with Crippen molar-refractivity contribution in [3.8, 4) is 11.4 Å². The van der Waals surface area contributed by atoms with Gasteiger partial charge in [-0.05, 0) is 42.5 Å². The molecule has 0 bridgehead atoms. The van der Waals surface area contributed by atoms with Crippen molar-refractivity contribution >= 4 is 29.1 Å². The fraction of sp³-hybridized carbons (Fsp3) is 0.192. The van der Waals surface area contributed by atoms with Gasteiger partial charge in [-0.15, -0.1) is 0 Å². The highest BCUT2D eigenvalue weighted by atomic mass is 35.5. The molecule has 0 aliphatic carbocycles. The summed E-state index contributed by atoms with van der Waals surface area (Å²) in [6, 6.07) is 20.0. The van der Waals surface area contributed by atoms with Crippen LogP contribution in [-0.2, 0) is 12.0 Å². The predicted octanol–water partition coefficient (Wildman–Crippen LogP) is 6.44. The fourth-order valence-electron chi connectivity index (χ4n) is 3.24. The second-order valence-electron chi connectivity index (χ2n) is 8.77. The lowest BCUT2D eigenvalue weighted by Gasteiger charge is -2.14. The number of para-hydroxylation sites is 1. The molecule has 0 spiro atoms. The van der Waals surface area contributed by atoms with Crippen LogP contribution in [0, 0.1) is 0 Å². The highest BCUT2D eigenvalue weighted by molar-refractivity contribution is 6.31. The summed E-state index contributed by atoms with van der Waals surface area (Å²) in [6.07, 6.45) is 3.31. The zero-order chi connectivity index (χ0) is 24.1. The molecule has 0 saturated carbocycles. The number of urea groups is 1. The van der Waals surface area contributed by atoms with Gasteiger partial charge in [-0.1, -0.05) is 50.6 Å². The van der Waals surface area contributed by atoms with Crippen LogP contribution in [0.25, 0.3) is 5.69 Å². The quantitative estimate of drug-likeness (QED) is 0.336. The standard InChI is InChI=1S/C26H26ClN5O2/c1-26(2,3)23-15-24(32(31-23)20-8-5-4-6-9-20)30-25(33)29-19-11-12-22(27)18(14-19)17-34-21-10-7-13-28-16-21/h4-16H,17H2,1-3H3,(H2,29,30,33). The van der Waals surface area contributed by atoms with E-state index in [1.807, 2.05) is 42.5 Å². The van der Waals surface area contributed by atoms with Gasteiger partial charge in [-0.2, -0.15) is 5.10 Å². The minimum absolute atomic E-state index is 0.174. The van der Waals surface area contributed by atoms with Crippen molar-refractivity contribution in [1.82, 2.24) is 14.8 Å². The number of hydrogen-bond acceptors (Lipinski definition) is 4. The van der Waals surface area contributed by atoms with Crippen LogP contribution < -0.4 is 15.4 Å². The first kappa shape index (κ1) is 23.3. The summed E-state index contributed by atoms with van der Waals surface area (Å²) in [4.78, 5) is 16.9. The average Bonchev–Trinajstić information content (AvgIpc) is 3.25. The Bertz CT molecular complexity index is 1270. The summed E-state index contributed by atoms with van der Waals surface area (Å²) in [6.45, 7) is 6.49. The Labute approximate surface area is 203 Å². The summed E-state index contributed by atoms with van der Waals surface area (Å²) in [5, 5.41) is 11.1. The molecule has 2 N–H and O–H groups in total. The van der Waals surface area contributed by atoms with E-state index in [9.17, 15) is 4.79 Å². The highest BCUT2D eigenvalue weighted by Gasteiger charge is 2.21. The van der Waals surface area contributed by atoms with Gasteiger partial charge < -0.3 is 10.1 Å². The number of halogens is 1. The predicted molar refractivity (Wildman–Crippen MR) is 135 cm³/mol. The monoisotopic (exact) mass is 475 g/mol. The number of pyridine rings is 1. The van der Waals surface area contributed by atoms with Crippen molar-refractivity contribution in [1.29, 1.82) is 0 Å². The van der Waals surface area contributed by atoms with Gasteiger partial charge in [0.05, 0.1) is 17.6 Å². The van der Waals surface area contributed by atoms with Crippen molar-refractivity contribution in [2.24, 2.45) is 0 Å². The molecule has 0 radical (unpaired) electrons. The molecule has 0 atom stereocenters. The summed E-state index contributed by atoms with van der Waals surface area (Å²) >= 11 is 6.33. The van der Waals surface area contributed by atoms with Gasteiger partial charge in [-0.3, -0.25) is 10.3 Å². The Morgan fingerprint density at radius 3 is 2.53 bits per heavy atom. The maximum atomic E-state index is 12.9. The number of anilines is 2. The molecule has 2 aromatic carbocycles. The lowest BCUT2D eigenvalue weighted by molar-refractivity contribution is 0.262. The van der Waals surface area contributed by atoms with Gasteiger partial charge in [0, 0.05) is 34.0 Å². The molecular weight excluding hydrogens is 450 g/mol. The molecule has 0 saturated heterocycles. The molecule has 2 aromatic heterocycles. The number of benzene rings is 2. The van der Waals surface area contributed by atoms with E-state index >= 15 is 0 Å². The van der Waals surface area contributed by atoms with Crippen LogP contribution in [0.1, 0.15) is 32.0 Å². The second kappa shape index (κ2) is 9.97. The summed E-state index contributed by atoms with van der Waals surface area (Å²) < 4.78 is 7.47. The highest BCUT2D eigenvalue weighted by Crippen LogP contribution is 2.27. The van der Waals surface area contributed by atoms with Gasteiger partial charge in [0.25, 0.3) is 0 Å². The Morgan fingerprint density at radius 1 is 1.03 bits per heavy atom. The summed E-state index contributed by atoms with van der Waals surface area (Å²) in [5.41, 5.74) is 2.88. The molecule has 0 unspecified atom stereocenters. The average molecular weight is 476 g/mol. The molecule has 4 rings (SSSR count). The largest absolute Gasteiger partial charge is 0.487 e. The van der Waals surface area contributed by atoms with Crippen LogP contribution in [-0.4, -0.2) is 20.8 Å². The normalized spacial score (nSPS) is 11.2. The Balaban J connectivity index is 1.50. The first-order valence-corrected chi connectivity index (χ1v) is 11.2. The number of rotatable bonds is 6. The van der Waals surface area contributed by atoms with Crippen LogP contribution >= 0.6 is 11.6 Å². The fourth-order valence-corrected chi connectivity index (χ4v) is 3.41. The zero-order valence-electron chi connectivity index (χ0n) is 19.2. The number of carbonyl (C=O) groups is 1. The van der Waals surface area contributed by atoms with E-state index in [2.05, 4.69) is 36.4 Å². The Hall–Kier alpha value is -3.84. The zero-order valence-corrected chi connectivity index (χ0v) is 20.0. The van der Waals surface area contributed by atoms with E-state index in [4.69, 9.17) is 21.4 Å². The Morgan fingerprint density at radius 2 is 1.82 bits per heavy atom. The SMILES string of the molecule is CC(C)(C)c1cc(NC(=O)Nc2ccc(Cl)c(COc3cccnc3)c2)n(-c2ccccc2)n1. The molecule has 2 amide bonds. The van der Waals surface area contributed by atoms with E-state index in [0.29, 0.717) is 22.3 Å². The van der Waals surface area contributed by atoms with E-state index < -0.39 is 0 Å². The van der Waals surface area contributed by atoms with Crippen molar-refractivity contribution in [3.05, 3.63) is 95.4 Å². The number of nitrogens with zero attached hydrogens (tertiary/aromatic N) is 3. The smallest absolute Gasteiger partial charge is 0.324 e. The van der Waals surface area contributed by atoms with Crippen LogP contribution in [0.15, 0.2) is 79.1 Å². The van der Waals surface area contributed by atoms with Crippen molar-refractivity contribution in [2.45, 2.75) is 32.8 Å². The third-order valence-electron chi connectivity index (χ3n) is 5.05. The number of carbonyl (C=O) groups excluding carboxylic acids is 1. The van der Waals surface area contributed by atoms with Gasteiger partial charge in [0.15, 0.2) is 0 Å². The molecule has 174 valence electrons. The number of amides is 2. The van der Waals surface area contributed by atoms with Crippen molar-refractivity contribution in [2.75, 3.05) is 10.6 Å². The second-order valence-corrected chi connectivity index (χ2v) is 9.18. The molecule has 7 nitrogen and oxygen atoms in total. The third kappa shape index (κ3) is 5.74. The molecular formula is C26H26ClN5O2. The minimum atomic E-state index is -0.390. The topological polar surface area (TPSA) is 81.1 Å². The van der Waals surface area contributed by atoms with E-state index in [-0.39, 0.29) is 18.1 Å². The van der Waals surface area contributed by atoms with Gasteiger partial charge in [0.2, 0.25) is 0 Å². The lowest BCUT2D eigenvalue weighted by Crippen LogP contribution is -2.21. The first-order chi connectivity index (χ1) is 16.3. The first-order valence-electron chi connectivity index (χ1n) is 10.8. The van der Waals surface area contributed by atoms with Crippen molar-refractivity contribution < 1.29 is 9.53 Å². The van der Waals surface area contributed by atoms with Crippen LogP contribution in [0.2, 0.25) is 5.02 Å².